The van der Waals surface area contributed by atoms with Crippen molar-refractivity contribution in [2.45, 2.75) is 6.18 Å². The fourth-order valence-corrected chi connectivity index (χ4v) is 2.02. The molecule has 0 saturated carbocycles. The van der Waals surface area contributed by atoms with Crippen molar-refractivity contribution in [2.75, 3.05) is 11.1 Å². The Bertz CT molecular complexity index is 687. The second kappa shape index (κ2) is 5.61. The van der Waals surface area contributed by atoms with Crippen LogP contribution in [-0.4, -0.2) is 0 Å². The molecule has 8 heteroatoms. The van der Waals surface area contributed by atoms with Gasteiger partial charge in [0.05, 0.1) is 27.6 Å². The molecule has 0 atom stereocenters. The number of hydrogen-bond donors (Lipinski definition) is 2. The van der Waals surface area contributed by atoms with Crippen LogP contribution in [0.4, 0.5) is 34.6 Å². The van der Waals surface area contributed by atoms with Crippen molar-refractivity contribution in [1.82, 2.24) is 0 Å². The van der Waals surface area contributed by atoms with Crippen LogP contribution in [0.15, 0.2) is 30.3 Å². The highest BCUT2D eigenvalue weighted by molar-refractivity contribution is 6.31. The normalized spacial score (nSPS) is 11.5. The first-order valence-electron chi connectivity index (χ1n) is 5.57. The van der Waals surface area contributed by atoms with Crippen molar-refractivity contribution in [3.8, 4) is 0 Å². The smallest absolute Gasteiger partial charge is 0.397 e. The molecule has 0 fully saturated rings. The molecule has 112 valence electrons. The molecule has 0 radical (unpaired) electrons. The Morgan fingerprint density at radius 2 is 1.67 bits per heavy atom. The van der Waals surface area contributed by atoms with Crippen molar-refractivity contribution < 1.29 is 17.6 Å². The summed E-state index contributed by atoms with van der Waals surface area (Å²) in [6.45, 7) is 0. The average Bonchev–Trinajstić information content (AvgIpc) is 2.36. The molecule has 0 saturated heterocycles. The number of rotatable bonds is 2. The molecular weight excluding hydrogens is 331 g/mol. The number of hydrogen-bond acceptors (Lipinski definition) is 2. The SMILES string of the molecule is Nc1cc(Cl)c(F)cc1Nc1ccc(Cl)cc1C(F)(F)F. The van der Waals surface area contributed by atoms with Crippen LogP contribution in [0.25, 0.3) is 0 Å². The summed E-state index contributed by atoms with van der Waals surface area (Å²) in [5, 5.41) is 2.16. The number of nitrogen functional groups attached to an aromatic ring is 1. The summed E-state index contributed by atoms with van der Waals surface area (Å²) >= 11 is 11.1. The average molecular weight is 339 g/mol. The molecule has 0 unspecified atom stereocenters. The van der Waals surface area contributed by atoms with Crippen molar-refractivity contribution in [3.05, 3.63) is 51.8 Å². The van der Waals surface area contributed by atoms with E-state index in [-0.39, 0.29) is 27.1 Å². The molecular formula is C13H8Cl2F4N2. The first kappa shape index (κ1) is 15.7. The van der Waals surface area contributed by atoms with E-state index >= 15 is 0 Å². The van der Waals surface area contributed by atoms with Gasteiger partial charge in [-0.05, 0) is 24.3 Å². The van der Waals surface area contributed by atoms with Crippen LogP contribution in [0.2, 0.25) is 10.0 Å². The fraction of sp³-hybridized carbons (Fsp3) is 0.0769. The highest BCUT2D eigenvalue weighted by atomic mass is 35.5. The molecule has 0 aliphatic carbocycles. The van der Waals surface area contributed by atoms with E-state index in [1.54, 1.807) is 0 Å². The van der Waals surface area contributed by atoms with Crippen LogP contribution < -0.4 is 11.1 Å². The van der Waals surface area contributed by atoms with Gasteiger partial charge in [-0.2, -0.15) is 13.2 Å². The molecule has 0 bridgehead atoms. The molecule has 2 nitrogen and oxygen atoms in total. The van der Waals surface area contributed by atoms with Gasteiger partial charge in [-0.25, -0.2) is 4.39 Å². The van der Waals surface area contributed by atoms with Gasteiger partial charge in [0.15, 0.2) is 0 Å². The zero-order valence-corrected chi connectivity index (χ0v) is 11.7. The number of halogens is 6. The molecule has 0 spiro atoms. The Hall–Kier alpha value is -1.66. The summed E-state index contributed by atoms with van der Waals surface area (Å²) in [4.78, 5) is 0. The Balaban J connectivity index is 2.47. The largest absolute Gasteiger partial charge is 0.418 e. The lowest BCUT2D eigenvalue weighted by molar-refractivity contribution is -0.136. The highest BCUT2D eigenvalue weighted by Crippen LogP contribution is 2.39. The minimum Gasteiger partial charge on any atom is -0.397 e. The van der Waals surface area contributed by atoms with E-state index in [0.717, 1.165) is 24.3 Å². The minimum absolute atomic E-state index is 0.0180. The molecule has 0 aromatic heterocycles. The molecule has 3 N–H and O–H groups in total. The quantitative estimate of drug-likeness (QED) is 0.562. The van der Waals surface area contributed by atoms with E-state index in [9.17, 15) is 17.6 Å². The highest BCUT2D eigenvalue weighted by Gasteiger charge is 2.34. The number of alkyl halides is 3. The summed E-state index contributed by atoms with van der Waals surface area (Å²) in [5.41, 5.74) is 4.33. The number of anilines is 3. The standard InChI is InChI=1S/C13H8Cl2F4N2/c14-6-1-2-11(7(3-6)13(17,18)19)21-12-5-9(16)8(15)4-10(12)20/h1-5,21H,20H2. The number of nitrogens with two attached hydrogens (primary N) is 1. The Kier molecular flexibility index (Phi) is 4.20. The van der Waals surface area contributed by atoms with Crippen LogP contribution in [0.5, 0.6) is 0 Å². The summed E-state index contributed by atoms with van der Waals surface area (Å²) < 4.78 is 52.2. The maximum atomic E-state index is 13.4. The van der Waals surface area contributed by atoms with Crippen LogP contribution in [0.3, 0.4) is 0 Å². The van der Waals surface area contributed by atoms with Crippen molar-refractivity contribution in [3.63, 3.8) is 0 Å². The maximum absolute atomic E-state index is 13.4. The predicted molar refractivity (Wildman–Crippen MR) is 75.6 cm³/mol. The van der Waals surface area contributed by atoms with Gasteiger partial charge < -0.3 is 11.1 Å². The summed E-state index contributed by atoms with van der Waals surface area (Å²) in [6.07, 6.45) is -4.62. The lowest BCUT2D eigenvalue weighted by Crippen LogP contribution is -2.09. The lowest BCUT2D eigenvalue weighted by Gasteiger charge is -2.16. The van der Waals surface area contributed by atoms with E-state index in [1.807, 2.05) is 0 Å². The number of nitrogens with one attached hydrogen (secondary N) is 1. The lowest BCUT2D eigenvalue weighted by atomic mass is 10.1. The fourth-order valence-electron chi connectivity index (χ4n) is 1.68. The van der Waals surface area contributed by atoms with E-state index in [2.05, 4.69) is 5.32 Å². The third-order valence-corrected chi connectivity index (χ3v) is 3.17. The van der Waals surface area contributed by atoms with Gasteiger partial charge >= 0.3 is 6.18 Å². The van der Waals surface area contributed by atoms with Gasteiger partial charge in [-0.15, -0.1) is 0 Å². The van der Waals surface area contributed by atoms with Gasteiger partial charge in [0.2, 0.25) is 0 Å². The van der Waals surface area contributed by atoms with Gasteiger partial charge in [0.25, 0.3) is 0 Å². The van der Waals surface area contributed by atoms with Crippen LogP contribution in [0.1, 0.15) is 5.56 Å². The molecule has 0 aliphatic heterocycles. The first-order chi connectivity index (χ1) is 9.68. The van der Waals surface area contributed by atoms with Gasteiger partial charge in [-0.3, -0.25) is 0 Å². The van der Waals surface area contributed by atoms with Crippen molar-refractivity contribution in [2.24, 2.45) is 0 Å². The topological polar surface area (TPSA) is 38.0 Å². The molecule has 0 amide bonds. The first-order valence-corrected chi connectivity index (χ1v) is 6.32. The molecule has 2 aromatic rings. The van der Waals surface area contributed by atoms with E-state index in [0.29, 0.717) is 0 Å². The monoisotopic (exact) mass is 338 g/mol. The zero-order chi connectivity index (χ0) is 15.8. The van der Waals surface area contributed by atoms with Gasteiger partial charge in [0, 0.05) is 11.1 Å². The molecule has 2 aromatic carbocycles. The minimum atomic E-state index is -4.62. The van der Waals surface area contributed by atoms with Crippen LogP contribution in [0, 0.1) is 5.82 Å². The van der Waals surface area contributed by atoms with E-state index in [1.165, 1.54) is 6.07 Å². The van der Waals surface area contributed by atoms with E-state index in [4.69, 9.17) is 28.9 Å². The zero-order valence-electron chi connectivity index (χ0n) is 10.2. The Morgan fingerprint density at radius 3 is 2.29 bits per heavy atom. The van der Waals surface area contributed by atoms with Gasteiger partial charge in [-0.1, -0.05) is 23.2 Å². The van der Waals surface area contributed by atoms with Crippen molar-refractivity contribution in [1.29, 1.82) is 0 Å². The van der Waals surface area contributed by atoms with E-state index < -0.39 is 17.6 Å². The van der Waals surface area contributed by atoms with Crippen LogP contribution >= 0.6 is 23.2 Å². The van der Waals surface area contributed by atoms with Crippen LogP contribution in [-0.2, 0) is 6.18 Å². The molecule has 21 heavy (non-hydrogen) atoms. The maximum Gasteiger partial charge on any atom is 0.418 e. The summed E-state index contributed by atoms with van der Waals surface area (Å²) in [6, 6.07) is 5.22. The Labute approximate surface area is 127 Å². The van der Waals surface area contributed by atoms with Crippen molar-refractivity contribution >= 4 is 40.3 Å². The third-order valence-electron chi connectivity index (χ3n) is 2.65. The molecule has 0 aliphatic rings. The Morgan fingerprint density at radius 1 is 1.00 bits per heavy atom. The second-order valence-corrected chi connectivity index (χ2v) is 5.01. The summed E-state index contributed by atoms with van der Waals surface area (Å²) in [7, 11) is 0. The van der Waals surface area contributed by atoms with Gasteiger partial charge in [0.1, 0.15) is 5.82 Å². The predicted octanol–water partition coefficient (Wildman–Crippen LogP) is 5.48. The second-order valence-electron chi connectivity index (χ2n) is 4.17. The molecule has 2 rings (SSSR count). The third kappa shape index (κ3) is 3.51. The number of benzene rings is 2. The molecule has 0 heterocycles. The summed E-state index contributed by atoms with van der Waals surface area (Å²) in [5.74, 6) is -0.795.